The third-order valence-electron chi connectivity index (χ3n) is 3.08. The molecule has 0 saturated carbocycles. The van der Waals surface area contributed by atoms with Gasteiger partial charge in [0.2, 0.25) is 0 Å². The quantitative estimate of drug-likeness (QED) is 0.687. The summed E-state index contributed by atoms with van der Waals surface area (Å²) in [6.07, 6.45) is 2.97. The number of aromatic carboxylic acids is 1. The van der Waals surface area contributed by atoms with E-state index in [1.165, 1.54) is 18.3 Å². The Kier molecular flexibility index (Phi) is 3.12. The number of hydrogen-bond donors (Lipinski definition) is 3. The molecule has 3 aromatic rings. The van der Waals surface area contributed by atoms with Crippen LogP contribution in [0.5, 0.6) is 0 Å². The summed E-state index contributed by atoms with van der Waals surface area (Å²) >= 11 is 0. The maximum absolute atomic E-state index is 12.3. The molecule has 6 nitrogen and oxygen atoms in total. The van der Waals surface area contributed by atoms with Crippen molar-refractivity contribution >= 4 is 28.6 Å². The Hall–Kier alpha value is -3.15. The van der Waals surface area contributed by atoms with Crippen LogP contribution in [0.15, 0.2) is 48.8 Å². The number of nitrogens with zero attached hydrogens (tertiary/aromatic N) is 1. The van der Waals surface area contributed by atoms with E-state index < -0.39 is 5.97 Å². The molecule has 1 amide bonds. The fourth-order valence-electron chi connectivity index (χ4n) is 2.05. The van der Waals surface area contributed by atoms with Crippen LogP contribution < -0.4 is 5.32 Å². The van der Waals surface area contributed by atoms with Crippen molar-refractivity contribution in [3.63, 3.8) is 0 Å². The predicted molar refractivity (Wildman–Crippen MR) is 77.4 cm³/mol. The van der Waals surface area contributed by atoms with E-state index in [9.17, 15) is 9.59 Å². The smallest absolute Gasteiger partial charge is 0.337 e. The Balaban J connectivity index is 1.86. The second-order valence-corrected chi connectivity index (χ2v) is 4.44. The van der Waals surface area contributed by atoms with Gasteiger partial charge in [-0.25, -0.2) is 9.78 Å². The average Bonchev–Trinajstić information content (AvgIpc) is 2.96. The fraction of sp³-hybridized carbons (Fsp3) is 0. The lowest BCUT2D eigenvalue weighted by Gasteiger charge is -2.05. The highest BCUT2D eigenvalue weighted by Gasteiger charge is 2.12. The number of aromatic nitrogens is 2. The molecule has 21 heavy (non-hydrogen) atoms. The molecule has 3 N–H and O–H groups in total. The molecule has 0 aliphatic heterocycles. The summed E-state index contributed by atoms with van der Waals surface area (Å²) in [5, 5.41) is 12.4. The van der Waals surface area contributed by atoms with E-state index in [0.29, 0.717) is 11.4 Å². The Bertz CT molecular complexity index is 822. The molecular weight excluding hydrogens is 270 g/mol. The van der Waals surface area contributed by atoms with Crippen molar-refractivity contribution in [2.75, 3.05) is 5.32 Å². The van der Waals surface area contributed by atoms with Crippen LogP contribution in [0, 0.1) is 0 Å². The highest BCUT2D eigenvalue weighted by Crippen LogP contribution is 2.18. The van der Waals surface area contributed by atoms with Crippen molar-refractivity contribution < 1.29 is 14.7 Å². The maximum atomic E-state index is 12.3. The molecule has 0 saturated heterocycles. The molecule has 1 aromatic carbocycles. The van der Waals surface area contributed by atoms with Crippen LogP contribution in [0.2, 0.25) is 0 Å². The van der Waals surface area contributed by atoms with Crippen LogP contribution in [0.3, 0.4) is 0 Å². The first-order valence-electron chi connectivity index (χ1n) is 6.22. The molecular formula is C15H11N3O3. The topological polar surface area (TPSA) is 95.1 Å². The van der Waals surface area contributed by atoms with Gasteiger partial charge in [0.05, 0.1) is 16.6 Å². The largest absolute Gasteiger partial charge is 0.478 e. The first-order chi connectivity index (χ1) is 10.1. The highest BCUT2D eigenvalue weighted by atomic mass is 16.4. The number of carboxylic acids is 1. The van der Waals surface area contributed by atoms with E-state index in [1.807, 2.05) is 12.1 Å². The number of pyridine rings is 1. The Morgan fingerprint density at radius 1 is 1.14 bits per heavy atom. The number of nitrogens with one attached hydrogen (secondary N) is 2. The van der Waals surface area contributed by atoms with Crippen molar-refractivity contribution in [1.29, 1.82) is 0 Å². The zero-order valence-corrected chi connectivity index (χ0v) is 10.8. The van der Waals surface area contributed by atoms with Gasteiger partial charge in [0, 0.05) is 17.8 Å². The number of aromatic amines is 1. The molecule has 0 unspecified atom stereocenters. The van der Waals surface area contributed by atoms with Crippen LogP contribution in [-0.4, -0.2) is 27.0 Å². The van der Waals surface area contributed by atoms with Gasteiger partial charge < -0.3 is 15.4 Å². The van der Waals surface area contributed by atoms with Crippen molar-refractivity contribution in [2.45, 2.75) is 0 Å². The summed E-state index contributed by atoms with van der Waals surface area (Å²) in [4.78, 5) is 29.9. The predicted octanol–water partition coefficient (Wildman–Crippen LogP) is 2.51. The summed E-state index contributed by atoms with van der Waals surface area (Å²) in [6, 6.07) is 10.1. The lowest BCUT2D eigenvalue weighted by Crippen LogP contribution is -2.13. The number of rotatable bonds is 3. The molecule has 0 atom stereocenters. The van der Waals surface area contributed by atoms with E-state index >= 15 is 0 Å². The number of hydrogen-bond acceptors (Lipinski definition) is 3. The molecule has 0 fully saturated rings. The van der Waals surface area contributed by atoms with Gasteiger partial charge in [-0.1, -0.05) is 12.1 Å². The normalized spacial score (nSPS) is 10.5. The lowest BCUT2D eigenvalue weighted by molar-refractivity contribution is 0.0696. The van der Waals surface area contributed by atoms with Crippen LogP contribution in [-0.2, 0) is 0 Å². The number of anilines is 1. The highest BCUT2D eigenvalue weighted by molar-refractivity contribution is 6.11. The van der Waals surface area contributed by atoms with Crippen LogP contribution in [0.25, 0.3) is 10.9 Å². The molecule has 6 heteroatoms. The van der Waals surface area contributed by atoms with Crippen LogP contribution in [0.1, 0.15) is 20.7 Å². The summed E-state index contributed by atoms with van der Waals surface area (Å²) in [5.41, 5.74) is 1.32. The third-order valence-corrected chi connectivity index (χ3v) is 3.08. The van der Waals surface area contributed by atoms with E-state index in [0.717, 1.165) is 10.9 Å². The van der Waals surface area contributed by atoms with Gasteiger partial charge in [-0.05, 0) is 24.3 Å². The average molecular weight is 281 g/mol. The number of fused-ring (bicyclic) bond motifs is 1. The van der Waals surface area contributed by atoms with Crippen molar-refractivity contribution in [3.8, 4) is 0 Å². The van der Waals surface area contributed by atoms with E-state index in [-0.39, 0.29) is 11.5 Å². The van der Waals surface area contributed by atoms with Crippen LogP contribution >= 0.6 is 0 Å². The Morgan fingerprint density at radius 2 is 2.00 bits per heavy atom. The Labute approximate surface area is 119 Å². The first kappa shape index (κ1) is 12.9. The van der Waals surface area contributed by atoms with Gasteiger partial charge in [0.25, 0.3) is 5.91 Å². The number of carbonyl (C=O) groups is 2. The number of carbonyl (C=O) groups excluding carboxylic acids is 1. The summed E-state index contributed by atoms with van der Waals surface area (Å²) in [5.74, 6) is -1.07. The van der Waals surface area contributed by atoms with E-state index in [2.05, 4.69) is 15.3 Å². The van der Waals surface area contributed by atoms with E-state index in [1.54, 1.807) is 18.3 Å². The summed E-state index contributed by atoms with van der Waals surface area (Å²) in [6.45, 7) is 0. The van der Waals surface area contributed by atoms with Gasteiger partial charge in [0.1, 0.15) is 5.82 Å². The SMILES string of the molecule is O=C(O)c1ccc(NC(=O)c2cccc3cc[nH]c23)nc1. The Morgan fingerprint density at radius 3 is 2.71 bits per heavy atom. The molecule has 0 bridgehead atoms. The van der Waals surface area contributed by atoms with Crippen LogP contribution in [0.4, 0.5) is 5.82 Å². The number of benzene rings is 1. The minimum atomic E-state index is -1.06. The molecule has 104 valence electrons. The molecule has 0 aliphatic carbocycles. The summed E-state index contributed by atoms with van der Waals surface area (Å²) in [7, 11) is 0. The first-order valence-corrected chi connectivity index (χ1v) is 6.22. The molecule has 2 heterocycles. The van der Waals surface area contributed by atoms with Crippen molar-refractivity contribution in [2.24, 2.45) is 0 Å². The summed E-state index contributed by atoms with van der Waals surface area (Å²) < 4.78 is 0. The van der Waals surface area contributed by atoms with Crippen molar-refractivity contribution in [3.05, 3.63) is 59.9 Å². The zero-order valence-electron chi connectivity index (χ0n) is 10.8. The molecule has 0 aliphatic rings. The molecule has 3 rings (SSSR count). The number of amides is 1. The molecule has 0 radical (unpaired) electrons. The fourth-order valence-corrected chi connectivity index (χ4v) is 2.05. The second-order valence-electron chi connectivity index (χ2n) is 4.44. The van der Waals surface area contributed by atoms with Gasteiger partial charge in [-0.2, -0.15) is 0 Å². The van der Waals surface area contributed by atoms with Gasteiger partial charge in [-0.15, -0.1) is 0 Å². The second kappa shape index (κ2) is 5.09. The monoisotopic (exact) mass is 281 g/mol. The minimum Gasteiger partial charge on any atom is -0.478 e. The zero-order chi connectivity index (χ0) is 14.8. The third kappa shape index (κ3) is 2.46. The number of H-pyrrole nitrogens is 1. The maximum Gasteiger partial charge on any atom is 0.337 e. The standard InChI is InChI=1S/C15H11N3O3/c19-14(11-3-1-2-9-6-7-16-13(9)11)18-12-5-4-10(8-17-12)15(20)21/h1-8,16H,(H,20,21)(H,17,18,19). The van der Waals surface area contributed by atoms with Gasteiger partial charge in [0.15, 0.2) is 0 Å². The van der Waals surface area contributed by atoms with E-state index in [4.69, 9.17) is 5.11 Å². The van der Waals surface area contributed by atoms with Gasteiger partial charge >= 0.3 is 5.97 Å². The minimum absolute atomic E-state index is 0.0690. The van der Waals surface area contributed by atoms with Gasteiger partial charge in [-0.3, -0.25) is 4.79 Å². The molecule has 0 spiro atoms. The lowest BCUT2D eigenvalue weighted by atomic mass is 10.1. The number of para-hydroxylation sites is 1. The number of carboxylic acid groups (broad SMARTS) is 1. The molecule has 2 aromatic heterocycles. The van der Waals surface area contributed by atoms with Crippen molar-refractivity contribution in [1.82, 2.24) is 9.97 Å².